The number of ether oxygens (including phenoxy) is 1. The minimum Gasteiger partial charge on any atom is -0.496 e. The number of nitrogens with zero attached hydrogens (tertiary/aromatic N) is 2. The van der Waals surface area contributed by atoms with Crippen molar-refractivity contribution in [3.8, 4) is 16.9 Å². The van der Waals surface area contributed by atoms with Crippen LogP contribution in [0.15, 0.2) is 60.7 Å². The molecule has 0 aliphatic carbocycles. The number of aromatic nitrogens is 4. The van der Waals surface area contributed by atoms with E-state index in [4.69, 9.17) is 14.7 Å². The van der Waals surface area contributed by atoms with Gasteiger partial charge in [0.15, 0.2) is 0 Å². The molecule has 2 aliphatic rings. The predicted molar refractivity (Wildman–Crippen MR) is 142 cm³/mol. The van der Waals surface area contributed by atoms with Crippen LogP contribution in [0.3, 0.4) is 0 Å². The van der Waals surface area contributed by atoms with Crippen LogP contribution >= 0.6 is 0 Å². The van der Waals surface area contributed by atoms with Crippen LogP contribution < -0.4 is 4.74 Å². The zero-order chi connectivity index (χ0) is 23.8. The van der Waals surface area contributed by atoms with E-state index in [1.807, 2.05) is 66.8 Å². The number of hydrogen-bond donors (Lipinski definition) is 3. The molecule has 0 saturated heterocycles. The van der Waals surface area contributed by atoms with E-state index < -0.39 is 0 Å². The summed E-state index contributed by atoms with van der Waals surface area (Å²) >= 11 is 0. The van der Waals surface area contributed by atoms with Gasteiger partial charge in [0.05, 0.1) is 29.9 Å². The van der Waals surface area contributed by atoms with E-state index in [1.54, 1.807) is 7.11 Å². The van der Waals surface area contributed by atoms with Crippen molar-refractivity contribution in [1.82, 2.24) is 19.9 Å². The van der Waals surface area contributed by atoms with Gasteiger partial charge >= 0.3 is 16.8 Å². The summed E-state index contributed by atoms with van der Waals surface area (Å²) in [6.45, 7) is 0.0614. The first-order valence-corrected chi connectivity index (χ1v) is 11.5. The van der Waals surface area contributed by atoms with Crippen molar-refractivity contribution >= 4 is 46.4 Å². The maximum atomic E-state index is 9.53. The van der Waals surface area contributed by atoms with E-state index in [9.17, 15) is 5.11 Å². The van der Waals surface area contributed by atoms with Gasteiger partial charge in [-0.1, -0.05) is 6.07 Å². The van der Waals surface area contributed by atoms with Crippen LogP contribution in [0.5, 0.6) is 5.75 Å². The Balaban J connectivity index is 0.00000267. The predicted octanol–water partition coefficient (Wildman–Crippen LogP) is 5.86. The van der Waals surface area contributed by atoms with Crippen molar-refractivity contribution in [2.24, 2.45) is 0 Å². The molecule has 6 nitrogen and oxygen atoms in total. The standard InChI is InChI=1S/C29H24N4O2.Co/c1-35-29-9-2-18(12-19(29)10-11-34)27-16-26-15-24-6-5-22(31-24)13-20-3-4-21(30-20)14-23-7-8-25(32-23)17-28(27)33-26;/h2-9,12-17,30,33-34H,10-11H2,1H3;/q;+2. The third kappa shape index (κ3) is 4.77. The number of methoxy groups -OCH3 is 1. The maximum absolute atomic E-state index is 9.53. The maximum Gasteiger partial charge on any atom is 2.00 e. The molecule has 8 bridgehead atoms. The van der Waals surface area contributed by atoms with Gasteiger partial charge in [-0.15, -0.1) is 0 Å². The van der Waals surface area contributed by atoms with E-state index in [0.717, 1.165) is 67.3 Å². The topological polar surface area (TPSA) is 86.8 Å². The minimum absolute atomic E-state index is 0. The summed E-state index contributed by atoms with van der Waals surface area (Å²) in [7, 11) is 1.65. The van der Waals surface area contributed by atoms with Crippen LogP contribution in [0.2, 0.25) is 0 Å². The summed E-state index contributed by atoms with van der Waals surface area (Å²) in [5, 5.41) is 9.53. The molecule has 5 heterocycles. The first-order chi connectivity index (χ1) is 17.2. The normalized spacial score (nSPS) is 11.9. The second-order valence-corrected chi connectivity index (χ2v) is 8.59. The van der Waals surface area contributed by atoms with Crippen molar-refractivity contribution in [1.29, 1.82) is 0 Å². The van der Waals surface area contributed by atoms with Gasteiger partial charge in [-0.25, -0.2) is 9.97 Å². The second kappa shape index (κ2) is 9.98. The SMILES string of the molecule is COc1ccc(-c2cc3cc4nc(cc5ccc(cc6nc(cc2[nH]3)C=C6)[nH]5)C=C4)cc1CCO.[Co+2]. The van der Waals surface area contributed by atoms with Crippen molar-refractivity contribution in [2.75, 3.05) is 13.7 Å². The van der Waals surface area contributed by atoms with Crippen LogP contribution in [0.25, 0.3) is 57.5 Å². The number of H-pyrrole nitrogens is 2. The zero-order valence-corrected chi connectivity index (χ0v) is 20.6. The molecule has 0 fully saturated rings. The number of hydrogen-bond acceptors (Lipinski definition) is 4. The van der Waals surface area contributed by atoms with Crippen LogP contribution in [-0.2, 0) is 23.2 Å². The minimum atomic E-state index is 0. The smallest absolute Gasteiger partial charge is 0.496 e. The molecule has 7 heteroatoms. The quantitative estimate of drug-likeness (QED) is 0.272. The molecule has 1 radical (unpaired) electrons. The molecule has 0 spiro atoms. The summed E-state index contributed by atoms with van der Waals surface area (Å²) in [6, 6.07) is 20.4. The van der Waals surface area contributed by atoms with Crippen molar-refractivity contribution < 1.29 is 26.6 Å². The van der Waals surface area contributed by atoms with E-state index >= 15 is 0 Å². The summed E-state index contributed by atoms with van der Waals surface area (Å²) in [5.74, 6) is 0.774. The number of aliphatic hydroxyl groups is 1. The van der Waals surface area contributed by atoms with E-state index in [2.05, 4.69) is 28.2 Å². The molecule has 3 N–H and O–H groups in total. The number of aliphatic hydroxyl groups excluding tert-OH is 1. The van der Waals surface area contributed by atoms with Gasteiger partial charge in [-0.3, -0.25) is 0 Å². The van der Waals surface area contributed by atoms with Crippen LogP contribution in [0.4, 0.5) is 0 Å². The van der Waals surface area contributed by atoms with E-state index in [-0.39, 0.29) is 23.4 Å². The van der Waals surface area contributed by atoms with Gasteiger partial charge in [0, 0.05) is 34.2 Å². The molecule has 6 rings (SSSR count). The van der Waals surface area contributed by atoms with Gasteiger partial charge in [0.25, 0.3) is 0 Å². The molecule has 2 aliphatic heterocycles. The molecule has 3 aromatic heterocycles. The summed E-state index contributed by atoms with van der Waals surface area (Å²) in [4.78, 5) is 16.5. The molecule has 179 valence electrons. The molecule has 0 saturated carbocycles. The van der Waals surface area contributed by atoms with Crippen LogP contribution in [0, 0.1) is 0 Å². The number of benzene rings is 1. The number of fused-ring (bicyclic) bond motifs is 8. The Kier molecular flexibility index (Phi) is 6.60. The average molecular weight is 519 g/mol. The van der Waals surface area contributed by atoms with Gasteiger partial charge < -0.3 is 19.8 Å². The first-order valence-electron chi connectivity index (χ1n) is 11.5. The van der Waals surface area contributed by atoms with Gasteiger partial charge in [0.2, 0.25) is 0 Å². The third-order valence-corrected chi connectivity index (χ3v) is 6.14. The number of aromatic amines is 2. The van der Waals surface area contributed by atoms with Crippen molar-refractivity contribution in [3.05, 3.63) is 89.0 Å². The molecule has 0 atom stereocenters. The molecule has 0 amide bonds. The Labute approximate surface area is 218 Å². The molecule has 4 aromatic rings. The van der Waals surface area contributed by atoms with Crippen molar-refractivity contribution in [3.63, 3.8) is 0 Å². The first kappa shape index (κ1) is 23.8. The van der Waals surface area contributed by atoms with Gasteiger partial charge in [-0.05, 0) is 96.4 Å². The Hall–Kier alpha value is -3.91. The average Bonchev–Trinajstić information content (AvgIpc) is 3.64. The second-order valence-electron chi connectivity index (χ2n) is 8.59. The fraction of sp³-hybridized carbons (Fsp3) is 0.103. The Morgan fingerprint density at radius 3 is 1.94 bits per heavy atom. The molecule has 0 unspecified atom stereocenters. The largest absolute Gasteiger partial charge is 2.00 e. The Bertz CT molecular complexity index is 1660. The monoisotopic (exact) mass is 519 g/mol. The van der Waals surface area contributed by atoms with E-state index in [1.165, 1.54) is 0 Å². The Morgan fingerprint density at radius 1 is 0.722 bits per heavy atom. The number of nitrogens with one attached hydrogen (secondary N) is 2. The third-order valence-electron chi connectivity index (χ3n) is 6.14. The fourth-order valence-corrected chi connectivity index (χ4v) is 4.52. The Morgan fingerprint density at radius 2 is 1.33 bits per heavy atom. The summed E-state index contributed by atoms with van der Waals surface area (Å²) < 4.78 is 5.49. The van der Waals surface area contributed by atoms with Gasteiger partial charge in [-0.2, -0.15) is 0 Å². The zero-order valence-electron chi connectivity index (χ0n) is 19.6. The van der Waals surface area contributed by atoms with Gasteiger partial charge in [0.1, 0.15) is 5.75 Å². The van der Waals surface area contributed by atoms with Crippen molar-refractivity contribution in [2.45, 2.75) is 6.42 Å². The fourth-order valence-electron chi connectivity index (χ4n) is 4.52. The van der Waals surface area contributed by atoms with E-state index in [0.29, 0.717) is 6.42 Å². The molecule has 36 heavy (non-hydrogen) atoms. The molecular formula is C29H24CoN4O2+2. The number of rotatable bonds is 4. The van der Waals surface area contributed by atoms with Crippen LogP contribution in [0.1, 0.15) is 28.3 Å². The van der Waals surface area contributed by atoms with Crippen LogP contribution in [-0.4, -0.2) is 38.8 Å². The molecule has 1 aromatic carbocycles. The molecular weight excluding hydrogens is 495 g/mol. The summed E-state index contributed by atoms with van der Waals surface area (Å²) in [5.41, 5.74) is 10.5. The summed E-state index contributed by atoms with van der Waals surface area (Å²) in [6.07, 6.45) is 8.59.